The first kappa shape index (κ1) is 23.1. The molecule has 0 bridgehead atoms. The number of rotatable bonds is 7. The molecule has 1 aromatic heterocycles. The number of hydrogen-bond acceptors (Lipinski definition) is 3. The summed E-state index contributed by atoms with van der Waals surface area (Å²) in [5.74, 6) is 0. The molecule has 0 fully saturated rings. The van der Waals surface area contributed by atoms with E-state index in [0.717, 1.165) is 49.2 Å². The van der Waals surface area contributed by atoms with Gasteiger partial charge in [-0.15, -0.1) is 0 Å². The molecule has 0 saturated carbocycles. The molecule has 4 nitrogen and oxygen atoms in total. The first-order chi connectivity index (χ1) is 16.6. The molecule has 0 spiro atoms. The summed E-state index contributed by atoms with van der Waals surface area (Å²) in [6.45, 7) is 4.25. The topological polar surface area (TPSA) is 33.1 Å². The van der Waals surface area contributed by atoms with Gasteiger partial charge >= 0.3 is 0 Å². The molecule has 1 N–H and O–H groups in total. The molecule has 34 heavy (non-hydrogen) atoms. The number of hydrogen-bond donors (Lipinski definition) is 1. The first-order valence-electron chi connectivity index (χ1n) is 11.6. The molecular formula is C28H28Cl2N4. The van der Waals surface area contributed by atoms with Crippen LogP contribution < -0.4 is 5.32 Å². The van der Waals surface area contributed by atoms with E-state index in [0.29, 0.717) is 6.04 Å². The highest BCUT2D eigenvalue weighted by atomic mass is 35.5. The predicted molar refractivity (Wildman–Crippen MR) is 139 cm³/mol. The van der Waals surface area contributed by atoms with Crippen molar-refractivity contribution in [3.05, 3.63) is 123 Å². The van der Waals surface area contributed by atoms with Gasteiger partial charge in [0.1, 0.15) is 0 Å². The summed E-state index contributed by atoms with van der Waals surface area (Å²) < 4.78 is 2.20. The Morgan fingerprint density at radius 2 is 1.65 bits per heavy atom. The van der Waals surface area contributed by atoms with Crippen LogP contribution in [0.3, 0.4) is 0 Å². The van der Waals surface area contributed by atoms with Crippen molar-refractivity contribution in [2.75, 3.05) is 6.54 Å². The summed E-state index contributed by atoms with van der Waals surface area (Å²) in [4.78, 5) is 6.90. The first-order valence-corrected chi connectivity index (χ1v) is 12.4. The molecule has 0 unspecified atom stereocenters. The molecule has 1 atom stereocenters. The fraction of sp³-hybridized carbons (Fsp3) is 0.250. The van der Waals surface area contributed by atoms with E-state index in [-0.39, 0.29) is 0 Å². The van der Waals surface area contributed by atoms with Gasteiger partial charge in [0.2, 0.25) is 0 Å². The largest absolute Gasteiger partial charge is 0.329 e. The Morgan fingerprint density at radius 3 is 2.47 bits per heavy atom. The van der Waals surface area contributed by atoms with Crippen LogP contribution in [0.5, 0.6) is 0 Å². The second-order valence-corrected chi connectivity index (χ2v) is 9.79. The number of halogens is 2. The Kier molecular flexibility index (Phi) is 7.31. The molecule has 0 radical (unpaired) electrons. The Balaban J connectivity index is 1.30. The minimum absolute atomic E-state index is 0.324. The maximum atomic E-state index is 6.48. The Labute approximate surface area is 211 Å². The van der Waals surface area contributed by atoms with Gasteiger partial charge in [0.05, 0.1) is 12.0 Å². The number of nitrogens with one attached hydrogen (secondary N) is 1. The monoisotopic (exact) mass is 490 g/mol. The fourth-order valence-electron chi connectivity index (χ4n) is 4.66. The number of nitrogens with zero attached hydrogens (tertiary/aromatic N) is 3. The smallest absolute Gasteiger partial charge is 0.0951 e. The zero-order chi connectivity index (χ0) is 23.3. The third kappa shape index (κ3) is 5.70. The highest BCUT2D eigenvalue weighted by Gasteiger charge is 2.22. The van der Waals surface area contributed by atoms with Gasteiger partial charge < -0.3 is 9.88 Å². The summed E-state index contributed by atoms with van der Waals surface area (Å²) in [5, 5.41) is 5.40. The predicted octanol–water partition coefficient (Wildman–Crippen LogP) is 5.95. The molecule has 1 aliphatic rings. The van der Waals surface area contributed by atoms with Crippen molar-refractivity contribution in [3.63, 3.8) is 0 Å². The zero-order valence-electron chi connectivity index (χ0n) is 19.0. The van der Waals surface area contributed by atoms with Gasteiger partial charge in [-0.05, 0) is 46.9 Å². The second kappa shape index (κ2) is 10.7. The van der Waals surface area contributed by atoms with E-state index in [9.17, 15) is 0 Å². The van der Waals surface area contributed by atoms with Crippen LogP contribution in [0.25, 0.3) is 0 Å². The normalized spacial score (nSPS) is 16.2. The fourth-order valence-corrected chi connectivity index (χ4v) is 4.98. The lowest BCUT2D eigenvalue weighted by molar-refractivity contribution is 0.232. The molecule has 0 saturated heterocycles. The minimum atomic E-state index is 0.324. The molecule has 174 valence electrons. The van der Waals surface area contributed by atoms with Crippen LogP contribution in [0, 0.1) is 0 Å². The average Bonchev–Trinajstić information content (AvgIpc) is 3.20. The molecule has 0 aliphatic carbocycles. The van der Waals surface area contributed by atoms with Crippen molar-refractivity contribution >= 4 is 23.2 Å². The molecule has 1 aliphatic heterocycles. The van der Waals surface area contributed by atoms with E-state index < -0.39 is 0 Å². The molecule has 5 rings (SSSR count). The molecular weight excluding hydrogens is 463 g/mol. The van der Waals surface area contributed by atoms with E-state index in [2.05, 4.69) is 68.3 Å². The van der Waals surface area contributed by atoms with Crippen LogP contribution in [0.4, 0.5) is 0 Å². The van der Waals surface area contributed by atoms with Gasteiger partial charge in [0, 0.05) is 55.0 Å². The van der Waals surface area contributed by atoms with Gasteiger partial charge in [-0.2, -0.15) is 0 Å². The van der Waals surface area contributed by atoms with Crippen molar-refractivity contribution in [2.45, 2.75) is 38.6 Å². The zero-order valence-corrected chi connectivity index (χ0v) is 20.5. The van der Waals surface area contributed by atoms with Crippen LogP contribution in [-0.2, 0) is 32.6 Å². The van der Waals surface area contributed by atoms with Crippen molar-refractivity contribution < 1.29 is 0 Å². The Bertz CT molecular complexity index is 1240. The lowest BCUT2D eigenvalue weighted by atomic mass is 10.0. The SMILES string of the molecule is Clc1ccc(Cn2cncc2CN[C@H]2Cc3ccccc3CN(Cc3ccccc3Cl)C2)cc1. The van der Waals surface area contributed by atoms with Crippen molar-refractivity contribution in [1.82, 2.24) is 19.8 Å². The van der Waals surface area contributed by atoms with E-state index in [1.54, 1.807) is 0 Å². The average molecular weight is 491 g/mol. The Morgan fingerprint density at radius 1 is 0.882 bits per heavy atom. The molecule has 6 heteroatoms. The van der Waals surface area contributed by atoms with Crippen molar-refractivity contribution in [1.29, 1.82) is 0 Å². The minimum Gasteiger partial charge on any atom is -0.329 e. The molecule has 4 aromatic rings. The van der Waals surface area contributed by atoms with Gasteiger partial charge in [0.15, 0.2) is 0 Å². The lowest BCUT2D eigenvalue weighted by Crippen LogP contribution is -2.40. The lowest BCUT2D eigenvalue weighted by Gasteiger charge is -2.26. The van der Waals surface area contributed by atoms with E-state index in [4.69, 9.17) is 23.2 Å². The van der Waals surface area contributed by atoms with Gasteiger partial charge in [-0.3, -0.25) is 4.90 Å². The van der Waals surface area contributed by atoms with Crippen molar-refractivity contribution in [2.24, 2.45) is 0 Å². The van der Waals surface area contributed by atoms with Gasteiger partial charge in [0.25, 0.3) is 0 Å². The number of aromatic nitrogens is 2. The summed E-state index contributed by atoms with van der Waals surface area (Å²) in [6.07, 6.45) is 4.85. The molecule has 0 amide bonds. The summed E-state index contributed by atoms with van der Waals surface area (Å²) in [5.41, 5.74) is 6.36. The molecule has 3 aromatic carbocycles. The van der Waals surface area contributed by atoms with Gasteiger partial charge in [-0.25, -0.2) is 4.98 Å². The van der Waals surface area contributed by atoms with Crippen LogP contribution in [0.1, 0.15) is 27.9 Å². The van der Waals surface area contributed by atoms with E-state index >= 15 is 0 Å². The number of fused-ring (bicyclic) bond motifs is 1. The van der Waals surface area contributed by atoms with Crippen LogP contribution in [0.15, 0.2) is 85.3 Å². The standard InChI is InChI=1S/C28H28Cl2N4/c29-25-11-9-21(10-12-25)16-34-20-31-14-27(34)15-32-26-13-22-5-1-2-6-23(22)17-33(19-26)18-24-7-3-4-8-28(24)30/h1-12,14,20,26,32H,13,15-19H2/t26-/m0/s1. The number of benzene rings is 3. The van der Waals surface area contributed by atoms with E-state index in [1.165, 1.54) is 27.9 Å². The Hall–Kier alpha value is -2.63. The van der Waals surface area contributed by atoms with Crippen LogP contribution in [0.2, 0.25) is 10.0 Å². The van der Waals surface area contributed by atoms with Gasteiger partial charge in [-0.1, -0.05) is 77.8 Å². The highest BCUT2D eigenvalue weighted by molar-refractivity contribution is 6.31. The third-order valence-electron chi connectivity index (χ3n) is 6.45. The molecule has 2 heterocycles. The maximum Gasteiger partial charge on any atom is 0.0951 e. The van der Waals surface area contributed by atoms with Crippen LogP contribution in [-0.4, -0.2) is 27.0 Å². The highest BCUT2D eigenvalue weighted by Crippen LogP contribution is 2.23. The van der Waals surface area contributed by atoms with Crippen molar-refractivity contribution in [3.8, 4) is 0 Å². The number of imidazole rings is 1. The van der Waals surface area contributed by atoms with Crippen LogP contribution >= 0.6 is 23.2 Å². The summed E-state index contributed by atoms with van der Waals surface area (Å²) >= 11 is 12.5. The summed E-state index contributed by atoms with van der Waals surface area (Å²) in [6, 6.07) is 25.2. The third-order valence-corrected chi connectivity index (χ3v) is 7.07. The summed E-state index contributed by atoms with van der Waals surface area (Å²) in [7, 11) is 0. The quantitative estimate of drug-likeness (QED) is 0.347. The maximum absolute atomic E-state index is 6.48. The van der Waals surface area contributed by atoms with E-state index in [1.807, 2.05) is 36.8 Å². The second-order valence-electron chi connectivity index (χ2n) is 8.95.